The van der Waals surface area contributed by atoms with Gasteiger partial charge in [-0.25, -0.2) is 9.78 Å². The minimum absolute atomic E-state index is 0.0277. The van der Waals surface area contributed by atoms with E-state index in [2.05, 4.69) is 16.2 Å². The quantitative estimate of drug-likeness (QED) is 0.655. The lowest BCUT2D eigenvalue weighted by atomic mass is 9.92. The molecule has 9 heteroatoms. The van der Waals surface area contributed by atoms with Crippen molar-refractivity contribution in [3.05, 3.63) is 54.0 Å². The molecule has 1 N–H and O–H groups in total. The SMILES string of the molecule is COC(=O)N1c2ccc(-c3cnn(CCO)c3)c(Oc3ncccc3C#N)c2CC[C@@H]1C. The molecule has 164 valence electrons. The molecule has 4 rings (SSSR count). The number of hydrogen-bond donors (Lipinski definition) is 1. The monoisotopic (exact) mass is 433 g/mol. The van der Waals surface area contributed by atoms with Gasteiger partial charge < -0.3 is 14.6 Å². The van der Waals surface area contributed by atoms with E-state index < -0.39 is 6.09 Å². The Morgan fingerprint density at radius 3 is 2.97 bits per heavy atom. The Morgan fingerprint density at radius 2 is 2.22 bits per heavy atom. The average molecular weight is 433 g/mol. The second-order valence-corrected chi connectivity index (χ2v) is 7.45. The molecule has 32 heavy (non-hydrogen) atoms. The third-order valence-electron chi connectivity index (χ3n) is 5.48. The van der Waals surface area contributed by atoms with E-state index in [0.717, 1.165) is 23.1 Å². The molecular weight excluding hydrogens is 410 g/mol. The molecule has 3 aromatic rings. The lowest BCUT2D eigenvalue weighted by Gasteiger charge is -2.35. The molecule has 0 fully saturated rings. The highest BCUT2D eigenvalue weighted by atomic mass is 16.5. The van der Waals surface area contributed by atoms with Crippen LogP contribution >= 0.6 is 0 Å². The van der Waals surface area contributed by atoms with Gasteiger partial charge in [0.15, 0.2) is 0 Å². The van der Waals surface area contributed by atoms with Crippen LogP contribution in [0.25, 0.3) is 11.1 Å². The number of rotatable bonds is 5. The maximum Gasteiger partial charge on any atom is 0.414 e. The predicted octanol–water partition coefficient (Wildman–Crippen LogP) is 3.51. The number of aliphatic hydroxyl groups is 1. The highest BCUT2D eigenvalue weighted by Crippen LogP contribution is 2.44. The van der Waals surface area contributed by atoms with Gasteiger partial charge in [-0.05, 0) is 44.0 Å². The summed E-state index contributed by atoms with van der Waals surface area (Å²) in [7, 11) is 1.36. The topological polar surface area (TPSA) is 114 Å². The lowest BCUT2D eigenvalue weighted by Crippen LogP contribution is -2.42. The number of pyridine rings is 1. The fraction of sp³-hybridized carbons (Fsp3) is 0.304. The van der Waals surface area contributed by atoms with Crippen molar-refractivity contribution in [1.82, 2.24) is 14.8 Å². The Bertz CT molecular complexity index is 1180. The average Bonchev–Trinajstić information content (AvgIpc) is 3.27. The van der Waals surface area contributed by atoms with Gasteiger partial charge in [-0.3, -0.25) is 9.58 Å². The number of methoxy groups -OCH3 is 1. The molecule has 0 spiro atoms. The number of benzene rings is 1. The van der Waals surface area contributed by atoms with E-state index in [1.54, 1.807) is 34.1 Å². The minimum Gasteiger partial charge on any atom is -0.452 e. The Balaban J connectivity index is 1.89. The van der Waals surface area contributed by atoms with Crippen molar-refractivity contribution in [1.29, 1.82) is 5.26 Å². The highest BCUT2D eigenvalue weighted by Gasteiger charge is 2.32. The number of nitriles is 1. The second kappa shape index (κ2) is 9.08. The van der Waals surface area contributed by atoms with Crippen molar-refractivity contribution in [2.75, 3.05) is 18.6 Å². The molecule has 0 saturated carbocycles. The molecule has 9 nitrogen and oxygen atoms in total. The number of ether oxygens (including phenoxy) is 2. The molecule has 3 heterocycles. The zero-order valence-corrected chi connectivity index (χ0v) is 17.9. The first-order valence-corrected chi connectivity index (χ1v) is 10.3. The zero-order valence-electron chi connectivity index (χ0n) is 17.9. The zero-order chi connectivity index (χ0) is 22.7. The van der Waals surface area contributed by atoms with Crippen molar-refractivity contribution in [3.63, 3.8) is 0 Å². The van der Waals surface area contributed by atoms with Crippen LogP contribution in [0, 0.1) is 11.3 Å². The molecule has 0 bridgehead atoms. The molecule has 0 aliphatic carbocycles. The van der Waals surface area contributed by atoms with Crippen LogP contribution < -0.4 is 9.64 Å². The number of nitrogens with zero attached hydrogens (tertiary/aromatic N) is 5. The molecule has 1 amide bonds. The number of hydrogen-bond acceptors (Lipinski definition) is 7. The summed E-state index contributed by atoms with van der Waals surface area (Å²) in [6.07, 6.45) is 6.03. The number of carbonyl (C=O) groups is 1. The maximum absolute atomic E-state index is 12.5. The van der Waals surface area contributed by atoms with E-state index in [1.807, 2.05) is 25.3 Å². The van der Waals surface area contributed by atoms with Crippen LogP contribution in [0.2, 0.25) is 0 Å². The van der Waals surface area contributed by atoms with Crippen LogP contribution in [0.5, 0.6) is 11.6 Å². The van der Waals surface area contributed by atoms with Crippen LogP contribution in [0.1, 0.15) is 24.5 Å². The van der Waals surface area contributed by atoms with Crippen molar-refractivity contribution in [2.45, 2.75) is 32.4 Å². The molecule has 0 unspecified atom stereocenters. The first-order chi connectivity index (χ1) is 15.6. The third-order valence-corrected chi connectivity index (χ3v) is 5.48. The van der Waals surface area contributed by atoms with Crippen molar-refractivity contribution in [3.8, 4) is 28.8 Å². The number of fused-ring (bicyclic) bond motifs is 1. The molecule has 1 aliphatic heterocycles. The van der Waals surface area contributed by atoms with Crippen molar-refractivity contribution >= 4 is 11.8 Å². The summed E-state index contributed by atoms with van der Waals surface area (Å²) in [4.78, 5) is 18.4. The summed E-state index contributed by atoms with van der Waals surface area (Å²) in [5.41, 5.74) is 3.37. The fourth-order valence-corrected chi connectivity index (χ4v) is 3.91. The van der Waals surface area contributed by atoms with Gasteiger partial charge in [0, 0.05) is 35.1 Å². The Labute approximate surface area is 185 Å². The second-order valence-electron chi connectivity index (χ2n) is 7.45. The van der Waals surface area contributed by atoms with Gasteiger partial charge in [0.25, 0.3) is 0 Å². The van der Waals surface area contributed by atoms with E-state index >= 15 is 0 Å². The standard InChI is InChI=1S/C23H23N5O4/c1-15-5-6-19-20(28(15)23(30)31-2)8-7-18(17-13-26-27(14-17)10-11-29)21(19)32-22-16(12-24)4-3-9-25-22/h3-4,7-9,13-15,29H,5-6,10-11H2,1-2H3/t15-/m0/s1. The smallest absolute Gasteiger partial charge is 0.414 e. The van der Waals surface area contributed by atoms with E-state index in [4.69, 9.17) is 9.47 Å². The number of amides is 1. The van der Waals surface area contributed by atoms with Crippen molar-refractivity contribution in [2.24, 2.45) is 0 Å². The third kappa shape index (κ3) is 3.88. The van der Waals surface area contributed by atoms with Gasteiger partial charge in [-0.1, -0.05) is 0 Å². The molecule has 1 atom stereocenters. The van der Waals surface area contributed by atoms with Crippen LogP contribution in [0.15, 0.2) is 42.9 Å². The van der Waals surface area contributed by atoms with Crippen molar-refractivity contribution < 1.29 is 19.4 Å². The van der Waals surface area contributed by atoms with Gasteiger partial charge in [0.2, 0.25) is 5.88 Å². The lowest BCUT2D eigenvalue weighted by molar-refractivity contribution is 0.175. The van der Waals surface area contributed by atoms with Crippen LogP contribution in [0.3, 0.4) is 0 Å². The molecule has 0 saturated heterocycles. The predicted molar refractivity (Wildman–Crippen MR) is 116 cm³/mol. The van der Waals surface area contributed by atoms with Gasteiger partial charge >= 0.3 is 6.09 Å². The Hall–Kier alpha value is -3.90. The number of carbonyl (C=O) groups excluding carboxylic acids is 1. The number of aliphatic hydroxyl groups excluding tert-OH is 1. The summed E-state index contributed by atoms with van der Waals surface area (Å²) in [5.74, 6) is 0.706. The number of aromatic nitrogens is 3. The van der Waals surface area contributed by atoms with Crippen LogP contribution in [-0.2, 0) is 17.7 Å². The van der Waals surface area contributed by atoms with Gasteiger partial charge in [-0.15, -0.1) is 0 Å². The van der Waals surface area contributed by atoms with E-state index in [-0.39, 0.29) is 18.5 Å². The van der Waals surface area contributed by atoms with E-state index in [9.17, 15) is 15.2 Å². The van der Waals surface area contributed by atoms with Gasteiger partial charge in [0.1, 0.15) is 17.4 Å². The molecule has 1 aliphatic rings. The highest BCUT2D eigenvalue weighted by molar-refractivity contribution is 5.92. The molecule has 1 aromatic carbocycles. The molecule has 0 radical (unpaired) electrons. The first kappa shape index (κ1) is 21.3. The summed E-state index contributed by atoms with van der Waals surface area (Å²) in [5, 5.41) is 23.0. The summed E-state index contributed by atoms with van der Waals surface area (Å²) in [6.45, 7) is 2.31. The normalized spacial score (nSPS) is 15.1. The largest absolute Gasteiger partial charge is 0.452 e. The Kier molecular flexibility index (Phi) is 6.05. The van der Waals surface area contributed by atoms with Gasteiger partial charge in [0.05, 0.1) is 32.1 Å². The Morgan fingerprint density at radius 1 is 1.38 bits per heavy atom. The van der Waals surface area contributed by atoms with Crippen LogP contribution in [0.4, 0.5) is 10.5 Å². The maximum atomic E-state index is 12.5. The summed E-state index contributed by atoms with van der Waals surface area (Å²) >= 11 is 0. The molecule has 2 aromatic heterocycles. The minimum atomic E-state index is -0.441. The van der Waals surface area contributed by atoms with E-state index in [0.29, 0.717) is 30.0 Å². The first-order valence-electron chi connectivity index (χ1n) is 10.3. The summed E-state index contributed by atoms with van der Waals surface area (Å²) in [6, 6.07) is 9.11. The molecular formula is C23H23N5O4. The van der Waals surface area contributed by atoms with Crippen LogP contribution in [-0.4, -0.2) is 45.7 Å². The van der Waals surface area contributed by atoms with Gasteiger partial charge in [-0.2, -0.15) is 10.4 Å². The van der Waals surface area contributed by atoms with E-state index in [1.165, 1.54) is 7.11 Å². The number of anilines is 1. The summed E-state index contributed by atoms with van der Waals surface area (Å²) < 4.78 is 12.9. The fourth-order valence-electron chi connectivity index (χ4n) is 3.91.